The zero-order valence-electron chi connectivity index (χ0n) is 27.9. The quantitative estimate of drug-likeness (QED) is 0.0447. The van der Waals surface area contributed by atoms with Crippen molar-refractivity contribution in [2.45, 2.75) is 168 Å². The Balaban J connectivity index is 2.39. The van der Waals surface area contributed by atoms with Gasteiger partial charge in [0.05, 0.1) is 7.14 Å². The first-order chi connectivity index (χ1) is 21.4. The molecule has 1 unspecified atom stereocenters. The van der Waals surface area contributed by atoms with Crippen molar-refractivity contribution in [2.75, 3.05) is 6.54 Å². The molecule has 0 heterocycles. The first kappa shape index (κ1) is 41.2. The van der Waals surface area contributed by atoms with Crippen molar-refractivity contribution >= 4 is 57.0 Å². The number of hydrogen-bond donors (Lipinski definition) is 3. The number of unbranched alkanes of at least 4 members (excludes halogenated alkanes) is 18. The Kier molecular flexibility index (Phi) is 26.6. The highest BCUT2D eigenvalue weighted by atomic mass is 127. The highest BCUT2D eigenvalue weighted by Crippen LogP contribution is 2.28. The molecule has 0 radical (unpaired) electrons. The van der Waals surface area contributed by atoms with Crippen LogP contribution in [0.3, 0.4) is 0 Å². The molecule has 7 heteroatoms. The summed E-state index contributed by atoms with van der Waals surface area (Å²) in [6.07, 6.45) is 31.2. The zero-order chi connectivity index (χ0) is 32.3. The van der Waals surface area contributed by atoms with Gasteiger partial charge < -0.3 is 15.7 Å². The molecule has 0 aliphatic heterocycles. The number of aromatic hydroxyl groups is 1. The molecule has 0 saturated heterocycles. The van der Waals surface area contributed by atoms with Crippen LogP contribution in [0.25, 0.3) is 0 Å². The maximum absolute atomic E-state index is 13.2. The Labute approximate surface area is 297 Å². The van der Waals surface area contributed by atoms with Crippen LogP contribution < -0.4 is 10.6 Å². The number of rotatable bonds is 28. The average molecular weight is 837 g/mol. The monoisotopic (exact) mass is 836 g/mol. The average Bonchev–Trinajstić information content (AvgIpc) is 3.00. The highest BCUT2D eigenvalue weighted by molar-refractivity contribution is 14.1. The molecule has 0 aliphatic carbocycles. The van der Waals surface area contributed by atoms with E-state index in [1.165, 1.54) is 96.3 Å². The van der Waals surface area contributed by atoms with Gasteiger partial charge in [-0.3, -0.25) is 9.59 Å². The number of halogens is 2. The Bertz CT molecular complexity index is 899. The van der Waals surface area contributed by atoms with Crippen molar-refractivity contribution in [3.05, 3.63) is 37.0 Å². The van der Waals surface area contributed by atoms with Crippen LogP contribution in [-0.2, 0) is 16.0 Å². The van der Waals surface area contributed by atoms with Gasteiger partial charge in [-0.25, -0.2) is 0 Å². The van der Waals surface area contributed by atoms with Crippen LogP contribution in [0.5, 0.6) is 5.75 Å². The van der Waals surface area contributed by atoms with E-state index in [0.717, 1.165) is 51.2 Å². The maximum Gasteiger partial charge on any atom is 0.242 e. The normalized spacial score (nSPS) is 12.1. The molecule has 44 heavy (non-hydrogen) atoms. The topological polar surface area (TPSA) is 78.4 Å². The highest BCUT2D eigenvalue weighted by Gasteiger charge is 2.22. The molecule has 1 aromatic carbocycles. The van der Waals surface area contributed by atoms with Gasteiger partial charge in [-0.1, -0.05) is 129 Å². The van der Waals surface area contributed by atoms with Gasteiger partial charge in [0, 0.05) is 19.4 Å². The maximum atomic E-state index is 13.2. The second-order valence-corrected chi connectivity index (χ2v) is 14.7. The number of benzene rings is 1. The van der Waals surface area contributed by atoms with E-state index < -0.39 is 6.04 Å². The van der Waals surface area contributed by atoms with E-state index in [2.05, 4.69) is 81.8 Å². The van der Waals surface area contributed by atoms with E-state index >= 15 is 0 Å². The number of carbonyl (C=O) groups excluding carboxylic acids is 2. The standard InChI is InChI=1S/C37H62I2N2O3/c1-3-5-7-9-11-13-15-17-19-21-23-25-27-40-37(44)34(30-31-28-32(38)36(43)33(39)29-31)41-35(42)26-24-22-20-18-16-14-12-10-8-6-4-2/h10,12,28-29,34,43H,3-9,11,13-27,30H2,1-2H3,(H,40,44)(H,41,42). The molecule has 0 aliphatic rings. The lowest BCUT2D eigenvalue weighted by atomic mass is 10.0. The lowest BCUT2D eigenvalue weighted by molar-refractivity contribution is -0.129. The fourth-order valence-electron chi connectivity index (χ4n) is 5.38. The van der Waals surface area contributed by atoms with Crippen molar-refractivity contribution in [3.63, 3.8) is 0 Å². The van der Waals surface area contributed by atoms with Crippen LogP contribution >= 0.6 is 45.2 Å². The van der Waals surface area contributed by atoms with Crippen molar-refractivity contribution in [1.82, 2.24) is 10.6 Å². The summed E-state index contributed by atoms with van der Waals surface area (Å²) < 4.78 is 1.51. The lowest BCUT2D eigenvalue weighted by Crippen LogP contribution is -2.48. The van der Waals surface area contributed by atoms with E-state index in [-0.39, 0.29) is 17.6 Å². The minimum absolute atomic E-state index is 0.0578. The van der Waals surface area contributed by atoms with E-state index in [1.54, 1.807) is 0 Å². The SMILES string of the molecule is CCCCC=CCCCCCCCC(=O)NC(Cc1cc(I)c(O)c(I)c1)C(=O)NCCCCCCCCCCCCCC. The molecule has 0 saturated carbocycles. The smallest absolute Gasteiger partial charge is 0.242 e. The van der Waals surface area contributed by atoms with Crippen molar-refractivity contribution in [3.8, 4) is 5.75 Å². The summed E-state index contributed by atoms with van der Waals surface area (Å²) in [7, 11) is 0. The largest absolute Gasteiger partial charge is 0.506 e. The molecule has 1 aromatic rings. The number of phenolic OH excluding ortho intramolecular Hbond substituents is 1. The van der Waals surface area contributed by atoms with Gasteiger partial charge in [-0.05, 0) is 95.0 Å². The van der Waals surface area contributed by atoms with Crippen LogP contribution in [0.2, 0.25) is 0 Å². The summed E-state index contributed by atoms with van der Waals surface area (Å²) in [5, 5.41) is 16.3. The summed E-state index contributed by atoms with van der Waals surface area (Å²) in [5.74, 6) is 0.0866. The van der Waals surface area contributed by atoms with Gasteiger partial charge in [0.15, 0.2) is 0 Å². The molecule has 1 atom stereocenters. The summed E-state index contributed by atoms with van der Waals surface area (Å²) >= 11 is 4.22. The van der Waals surface area contributed by atoms with Gasteiger partial charge in [0.2, 0.25) is 11.8 Å². The lowest BCUT2D eigenvalue weighted by Gasteiger charge is -2.19. The fraction of sp³-hybridized carbons (Fsp3) is 0.730. The Morgan fingerprint density at radius 1 is 0.705 bits per heavy atom. The predicted molar refractivity (Wildman–Crippen MR) is 204 cm³/mol. The van der Waals surface area contributed by atoms with Crippen molar-refractivity contribution in [1.29, 1.82) is 0 Å². The summed E-state index contributed by atoms with van der Waals surface area (Å²) in [5.41, 5.74) is 0.936. The van der Waals surface area contributed by atoms with Crippen LogP contribution in [0.15, 0.2) is 24.3 Å². The van der Waals surface area contributed by atoms with Crippen molar-refractivity contribution < 1.29 is 14.7 Å². The molecular weight excluding hydrogens is 774 g/mol. The summed E-state index contributed by atoms with van der Waals surface area (Å²) in [4.78, 5) is 26.0. The van der Waals surface area contributed by atoms with Crippen molar-refractivity contribution in [2.24, 2.45) is 0 Å². The number of phenols is 1. The van der Waals surface area contributed by atoms with E-state index in [0.29, 0.717) is 19.4 Å². The molecule has 1 rings (SSSR count). The van der Waals surface area contributed by atoms with Gasteiger partial charge in [-0.2, -0.15) is 0 Å². The summed E-state index contributed by atoms with van der Waals surface area (Å²) in [6.45, 7) is 5.13. The van der Waals surface area contributed by atoms with Gasteiger partial charge in [-0.15, -0.1) is 0 Å². The van der Waals surface area contributed by atoms with Gasteiger partial charge in [0.1, 0.15) is 11.8 Å². The van der Waals surface area contributed by atoms with Crippen LogP contribution in [0.4, 0.5) is 0 Å². The molecule has 0 spiro atoms. The second kappa shape index (κ2) is 28.4. The minimum atomic E-state index is -0.615. The molecule has 0 aromatic heterocycles. The minimum Gasteiger partial charge on any atom is -0.506 e. The van der Waals surface area contributed by atoms with E-state index in [4.69, 9.17) is 0 Å². The van der Waals surface area contributed by atoms with Crippen LogP contribution in [-0.4, -0.2) is 29.5 Å². The third-order valence-electron chi connectivity index (χ3n) is 8.16. The first-order valence-corrected chi connectivity index (χ1v) is 19.9. The number of nitrogens with one attached hydrogen (secondary N) is 2. The Hall–Kier alpha value is -0.840. The van der Waals surface area contributed by atoms with Crippen LogP contribution in [0, 0.1) is 7.14 Å². The molecule has 0 fully saturated rings. The number of amides is 2. The number of carbonyl (C=O) groups is 2. The first-order valence-electron chi connectivity index (χ1n) is 17.8. The van der Waals surface area contributed by atoms with E-state index in [9.17, 15) is 14.7 Å². The molecule has 3 N–H and O–H groups in total. The Morgan fingerprint density at radius 2 is 1.18 bits per heavy atom. The molecule has 2 amide bonds. The van der Waals surface area contributed by atoms with Gasteiger partial charge >= 0.3 is 0 Å². The molecular formula is C37H62I2N2O3. The summed E-state index contributed by atoms with van der Waals surface area (Å²) in [6, 6.07) is 3.18. The third-order valence-corrected chi connectivity index (χ3v) is 9.81. The second-order valence-electron chi connectivity index (χ2n) is 12.3. The number of allylic oxidation sites excluding steroid dienone is 2. The zero-order valence-corrected chi connectivity index (χ0v) is 32.2. The molecule has 5 nitrogen and oxygen atoms in total. The fourth-order valence-corrected chi connectivity index (χ4v) is 7.28. The Morgan fingerprint density at radius 3 is 1.75 bits per heavy atom. The third kappa shape index (κ3) is 21.8. The predicted octanol–water partition coefficient (Wildman–Crippen LogP) is 10.9. The molecule has 0 bridgehead atoms. The molecule has 252 valence electrons. The van der Waals surface area contributed by atoms with Gasteiger partial charge in [0.25, 0.3) is 0 Å². The van der Waals surface area contributed by atoms with Crippen LogP contribution in [0.1, 0.15) is 161 Å². The number of hydrogen-bond acceptors (Lipinski definition) is 3. The van der Waals surface area contributed by atoms with E-state index in [1.807, 2.05) is 12.1 Å².